The van der Waals surface area contributed by atoms with Gasteiger partial charge in [-0.05, 0) is 61.0 Å². The van der Waals surface area contributed by atoms with Gasteiger partial charge in [0.05, 0.1) is 11.3 Å². The summed E-state index contributed by atoms with van der Waals surface area (Å²) in [7, 11) is 0. The number of carbonyl (C=O) groups excluding carboxylic acids is 1. The van der Waals surface area contributed by atoms with E-state index in [1.807, 2.05) is 61.5 Å². The number of carbonyl (C=O) groups is 1. The summed E-state index contributed by atoms with van der Waals surface area (Å²) in [5, 5.41) is 4.13. The van der Waals surface area contributed by atoms with Crippen molar-refractivity contribution >= 4 is 11.6 Å². The Morgan fingerprint density at radius 3 is 2.32 bits per heavy atom. The van der Waals surface area contributed by atoms with Crippen LogP contribution in [0.4, 0.5) is 0 Å². The minimum absolute atomic E-state index is 0.295. The van der Waals surface area contributed by atoms with Crippen LogP contribution in [0.2, 0.25) is 0 Å². The number of rotatable bonds is 5. The van der Waals surface area contributed by atoms with Crippen LogP contribution in [0.1, 0.15) is 22.8 Å². The number of pyridine rings is 1. The summed E-state index contributed by atoms with van der Waals surface area (Å²) in [5.74, 6) is 1.22. The van der Waals surface area contributed by atoms with Gasteiger partial charge in [0, 0.05) is 12.4 Å². The highest BCUT2D eigenvalue weighted by atomic mass is 16.5. The lowest BCUT2D eigenvalue weighted by atomic mass is 10.1. The predicted octanol–water partition coefficient (Wildman–Crippen LogP) is 4.03. The first-order valence-electron chi connectivity index (χ1n) is 7.80. The summed E-state index contributed by atoms with van der Waals surface area (Å²) in [5.41, 5.74) is 4.59. The van der Waals surface area contributed by atoms with Crippen LogP contribution in [0.25, 0.3) is 0 Å². The smallest absolute Gasteiger partial charge is 0.272 e. The second-order valence-corrected chi connectivity index (χ2v) is 5.32. The first kappa shape index (κ1) is 16.4. The van der Waals surface area contributed by atoms with Crippen molar-refractivity contribution in [3.05, 3.63) is 90.3 Å². The Labute approximate surface area is 146 Å². The molecule has 0 spiro atoms. The van der Waals surface area contributed by atoms with E-state index in [2.05, 4.69) is 15.5 Å². The number of ether oxygens (including phenoxy) is 1. The molecule has 0 fully saturated rings. The Morgan fingerprint density at radius 2 is 1.64 bits per heavy atom. The number of nitrogens with one attached hydrogen (secondary N) is 1. The van der Waals surface area contributed by atoms with E-state index in [1.165, 1.54) is 6.20 Å². The van der Waals surface area contributed by atoms with Crippen molar-refractivity contribution in [2.45, 2.75) is 6.92 Å². The highest BCUT2D eigenvalue weighted by Gasteiger charge is 2.05. The fourth-order valence-corrected chi connectivity index (χ4v) is 2.15. The van der Waals surface area contributed by atoms with E-state index in [4.69, 9.17) is 4.74 Å². The van der Waals surface area contributed by atoms with Crippen molar-refractivity contribution in [1.29, 1.82) is 0 Å². The number of hydrazone groups is 1. The fourth-order valence-electron chi connectivity index (χ4n) is 2.15. The molecule has 0 unspecified atom stereocenters. The van der Waals surface area contributed by atoms with Crippen molar-refractivity contribution in [2.75, 3.05) is 0 Å². The number of hydrogen-bond donors (Lipinski definition) is 1. The molecule has 0 aliphatic carbocycles. The molecule has 0 aliphatic heterocycles. The molecule has 0 saturated carbocycles. The third-order valence-electron chi connectivity index (χ3n) is 3.50. The molecule has 124 valence electrons. The molecule has 25 heavy (non-hydrogen) atoms. The summed E-state index contributed by atoms with van der Waals surface area (Å²) >= 11 is 0. The van der Waals surface area contributed by atoms with Crippen molar-refractivity contribution in [3.63, 3.8) is 0 Å². The van der Waals surface area contributed by atoms with Crippen LogP contribution in [0.15, 0.2) is 84.2 Å². The molecule has 3 rings (SSSR count). The second kappa shape index (κ2) is 7.88. The molecule has 3 aromatic rings. The maximum Gasteiger partial charge on any atom is 0.272 e. The fraction of sp³-hybridized carbons (Fsp3) is 0.0500. The highest BCUT2D eigenvalue weighted by Crippen LogP contribution is 2.21. The van der Waals surface area contributed by atoms with Crippen LogP contribution in [0, 0.1) is 0 Å². The Kier molecular flexibility index (Phi) is 5.16. The van der Waals surface area contributed by atoms with Gasteiger partial charge in [0.2, 0.25) is 0 Å². The predicted molar refractivity (Wildman–Crippen MR) is 96.9 cm³/mol. The van der Waals surface area contributed by atoms with Crippen molar-refractivity contribution in [1.82, 2.24) is 10.4 Å². The molecule has 0 aliphatic rings. The van der Waals surface area contributed by atoms with Crippen molar-refractivity contribution in [3.8, 4) is 11.5 Å². The summed E-state index contributed by atoms with van der Waals surface area (Å²) < 4.78 is 5.75. The third kappa shape index (κ3) is 4.51. The third-order valence-corrected chi connectivity index (χ3v) is 3.50. The SMILES string of the molecule is C/C(=N\NC(=O)c1cccnc1)c1ccc(Oc2ccccc2)cc1. The lowest BCUT2D eigenvalue weighted by molar-refractivity contribution is 0.0954. The molecule has 0 saturated heterocycles. The average molecular weight is 331 g/mol. The average Bonchev–Trinajstić information content (AvgIpc) is 2.68. The van der Waals surface area contributed by atoms with E-state index in [0.29, 0.717) is 11.3 Å². The highest BCUT2D eigenvalue weighted by molar-refractivity contribution is 6.00. The minimum Gasteiger partial charge on any atom is -0.457 e. The van der Waals surface area contributed by atoms with E-state index < -0.39 is 0 Å². The van der Waals surface area contributed by atoms with Gasteiger partial charge in [-0.1, -0.05) is 18.2 Å². The zero-order valence-corrected chi connectivity index (χ0v) is 13.7. The molecule has 0 radical (unpaired) electrons. The maximum absolute atomic E-state index is 12.0. The van der Waals surface area contributed by atoms with Crippen LogP contribution in [0.5, 0.6) is 11.5 Å². The van der Waals surface area contributed by atoms with Crippen molar-refractivity contribution in [2.24, 2.45) is 5.10 Å². The van der Waals surface area contributed by atoms with Crippen LogP contribution < -0.4 is 10.2 Å². The quantitative estimate of drug-likeness (QED) is 0.567. The van der Waals surface area contributed by atoms with Crippen LogP contribution in [-0.4, -0.2) is 16.6 Å². The van der Waals surface area contributed by atoms with Gasteiger partial charge in [-0.15, -0.1) is 0 Å². The summed E-state index contributed by atoms with van der Waals surface area (Å²) in [6, 6.07) is 20.5. The lowest BCUT2D eigenvalue weighted by Crippen LogP contribution is -2.19. The molecule has 1 N–H and O–H groups in total. The standard InChI is InChI=1S/C20H17N3O2/c1-15(22-23-20(24)17-6-5-13-21-14-17)16-9-11-19(12-10-16)25-18-7-3-2-4-8-18/h2-14H,1H3,(H,23,24)/b22-15+. The van der Waals surface area contributed by atoms with Crippen LogP contribution in [0.3, 0.4) is 0 Å². The Morgan fingerprint density at radius 1 is 0.920 bits per heavy atom. The summed E-state index contributed by atoms with van der Waals surface area (Å²) in [6.45, 7) is 1.83. The van der Waals surface area contributed by atoms with Crippen LogP contribution >= 0.6 is 0 Å². The monoisotopic (exact) mass is 331 g/mol. The normalized spacial score (nSPS) is 11.0. The van der Waals surface area contributed by atoms with Gasteiger partial charge in [0.25, 0.3) is 5.91 Å². The van der Waals surface area contributed by atoms with Gasteiger partial charge in [-0.2, -0.15) is 5.10 Å². The molecule has 2 aromatic carbocycles. The largest absolute Gasteiger partial charge is 0.457 e. The Bertz CT molecular complexity index is 860. The number of benzene rings is 2. The Balaban J connectivity index is 1.64. The first-order chi connectivity index (χ1) is 12.2. The van der Waals surface area contributed by atoms with E-state index in [0.717, 1.165) is 17.1 Å². The zero-order chi connectivity index (χ0) is 17.5. The second-order valence-electron chi connectivity index (χ2n) is 5.32. The van der Waals surface area contributed by atoms with E-state index in [9.17, 15) is 4.79 Å². The molecular weight excluding hydrogens is 314 g/mol. The molecule has 5 heteroatoms. The number of para-hydroxylation sites is 1. The summed E-state index contributed by atoms with van der Waals surface area (Å²) in [4.78, 5) is 15.9. The number of aromatic nitrogens is 1. The van der Waals surface area contributed by atoms with Gasteiger partial charge in [-0.25, -0.2) is 5.43 Å². The molecule has 1 amide bonds. The molecule has 1 aromatic heterocycles. The minimum atomic E-state index is -0.295. The molecule has 1 heterocycles. The van der Waals surface area contributed by atoms with Gasteiger partial charge in [0.15, 0.2) is 0 Å². The zero-order valence-electron chi connectivity index (χ0n) is 13.7. The van der Waals surface area contributed by atoms with Gasteiger partial charge < -0.3 is 4.74 Å². The lowest BCUT2D eigenvalue weighted by Gasteiger charge is -2.07. The number of hydrogen-bond acceptors (Lipinski definition) is 4. The number of amides is 1. The molecular formula is C20H17N3O2. The first-order valence-corrected chi connectivity index (χ1v) is 7.80. The number of nitrogens with zero attached hydrogens (tertiary/aromatic N) is 2. The molecule has 0 atom stereocenters. The molecule has 5 nitrogen and oxygen atoms in total. The van der Waals surface area contributed by atoms with E-state index in [-0.39, 0.29) is 5.91 Å². The topological polar surface area (TPSA) is 63.6 Å². The van der Waals surface area contributed by atoms with E-state index >= 15 is 0 Å². The van der Waals surface area contributed by atoms with Gasteiger partial charge in [0.1, 0.15) is 11.5 Å². The van der Waals surface area contributed by atoms with E-state index in [1.54, 1.807) is 18.3 Å². The Hall–Kier alpha value is -3.47. The maximum atomic E-state index is 12.0. The van der Waals surface area contributed by atoms with Crippen molar-refractivity contribution < 1.29 is 9.53 Å². The summed E-state index contributed by atoms with van der Waals surface area (Å²) in [6.07, 6.45) is 3.11. The van der Waals surface area contributed by atoms with Crippen LogP contribution in [-0.2, 0) is 0 Å². The molecule has 0 bridgehead atoms. The van der Waals surface area contributed by atoms with Gasteiger partial charge >= 0.3 is 0 Å². The van der Waals surface area contributed by atoms with Gasteiger partial charge in [-0.3, -0.25) is 9.78 Å².